The average Bonchev–Trinajstić information content (AvgIpc) is 2.90. The van der Waals surface area contributed by atoms with E-state index in [2.05, 4.69) is 17.4 Å². The largest absolute Gasteiger partial charge is 0.497 e. The van der Waals surface area contributed by atoms with E-state index in [-0.39, 0.29) is 24.0 Å². The van der Waals surface area contributed by atoms with Crippen molar-refractivity contribution in [3.8, 4) is 16.9 Å². The minimum Gasteiger partial charge on any atom is -0.497 e. The highest BCUT2D eigenvalue weighted by Crippen LogP contribution is 2.48. The van der Waals surface area contributed by atoms with Gasteiger partial charge in [-0.25, -0.2) is 0 Å². The van der Waals surface area contributed by atoms with Crippen LogP contribution in [0.15, 0.2) is 35.3 Å². The Morgan fingerprint density at radius 3 is 2.65 bits per heavy atom. The quantitative estimate of drug-likeness (QED) is 0.778. The van der Waals surface area contributed by atoms with Gasteiger partial charge in [-0.2, -0.15) is 0 Å². The molecule has 2 heterocycles. The first-order chi connectivity index (χ1) is 15.0. The summed E-state index contributed by atoms with van der Waals surface area (Å²) in [4.78, 5) is 25.1. The van der Waals surface area contributed by atoms with Gasteiger partial charge in [-0.05, 0) is 54.5 Å². The first-order valence-corrected chi connectivity index (χ1v) is 11.3. The van der Waals surface area contributed by atoms with Gasteiger partial charge in [-0.3, -0.25) is 9.59 Å². The van der Waals surface area contributed by atoms with Gasteiger partial charge in [-0.1, -0.05) is 25.3 Å². The summed E-state index contributed by atoms with van der Waals surface area (Å²) in [5.41, 5.74) is 3.78. The average molecular weight is 425 g/mol. The summed E-state index contributed by atoms with van der Waals surface area (Å²) in [6, 6.07) is 7.72. The maximum Gasteiger partial charge on any atom is 0.250 e. The second-order valence-corrected chi connectivity index (χ2v) is 8.65. The number of pyridine rings is 1. The first-order valence-electron chi connectivity index (χ1n) is 11.3. The third-order valence-corrected chi connectivity index (χ3v) is 6.60. The predicted molar refractivity (Wildman–Crippen MR) is 120 cm³/mol. The normalized spacial score (nSPS) is 21.0. The molecule has 1 fully saturated rings. The number of amides is 1. The third-order valence-electron chi connectivity index (χ3n) is 6.60. The number of nitrogens with zero attached hydrogens (tertiary/aromatic N) is 1. The highest BCUT2D eigenvalue weighted by Gasteiger charge is 2.36. The molecular weight excluding hydrogens is 392 g/mol. The molecule has 1 aromatic heterocycles. The molecule has 1 aliphatic carbocycles. The van der Waals surface area contributed by atoms with Gasteiger partial charge in [0.05, 0.1) is 25.7 Å². The molecule has 2 atom stereocenters. The molecule has 6 heteroatoms. The number of aryl methyl sites for hydroxylation is 1. The van der Waals surface area contributed by atoms with Crippen LogP contribution in [0.2, 0.25) is 0 Å². The van der Waals surface area contributed by atoms with Crippen LogP contribution in [0, 0.1) is 5.92 Å². The van der Waals surface area contributed by atoms with E-state index in [1.165, 1.54) is 19.3 Å². The standard InChI is InChI=1S/C25H32N2O4/c1-4-26-23(28)14-22-19-13-24(29)27(2)15-21(19)18-11-10-17(30-3)12-20(18)25(31-22)16-8-6-5-7-9-16/h10-13,15-16,22,25H,4-9,14H2,1-3H3,(H,26,28). The highest BCUT2D eigenvalue weighted by molar-refractivity contribution is 5.78. The lowest BCUT2D eigenvalue weighted by atomic mass is 9.81. The van der Waals surface area contributed by atoms with Crippen LogP contribution in [0.1, 0.15) is 68.8 Å². The van der Waals surface area contributed by atoms with E-state index in [0.717, 1.165) is 40.8 Å². The fourth-order valence-corrected chi connectivity index (χ4v) is 5.01. The van der Waals surface area contributed by atoms with Crippen LogP contribution in [-0.4, -0.2) is 24.1 Å². The number of hydrogen-bond donors (Lipinski definition) is 1. The van der Waals surface area contributed by atoms with Crippen molar-refractivity contribution in [2.75, 3.05) is 13.7 Å². The summed E-state index contributed by atoms with van der Waals surface area (Å²) in [6.45, 7) is 2.47. The van der Waals surface area contributed by atoms with E-state index >= 15 is 0 Å². The predicted octanol–water partition coefficient (Wildman–Crippen LogP) is 4.28. The molecule has 1 aromatic carbocycles. The Hall–Kier alpha value is -2.60. The molecule has 1 aliphatic heterocycles. The Bertz CT molecular complexity index is 1010. The van der Waals surface area contributed by atoms with Crippen molar-refractivity contribution in [1.29, 1.82) is 0 Å². The van der Waals surface area contributed by atoms with Gasteiger partial charge >= 0.3 is 0 Å². The zero-order chi connectivity index (χ0) is 22.0. The number of fused-ring (bicyclic) bond motifs is 3. The van der Waals surface area contributed by atoms with Gasteiger partial charge in [0.15, 0.2) is 0 Å². The van der Waals surface area contributed by atoms with E-state index in [0.29, 0.717) is 12.5 Å². The molecule has 166 valence electrons. The minimum absolute atomic E-state index is 0.0648. The van der Waals surface area contributed by atoms with Crippen molar-refractivity contribution in [2.24, 2.45) is 13.0 Å². The number of hydrogen-bond acceptors (Lipinski definition) is 4. The van der Waals surface area contributed by atoms with Crippen LogP contribution < -0.4 is 15.6 Å². The summed E-state index contributed by atoms with van der Waals surface area (Å²) in [7, 11) is 3.43. The molecule has 2 unspecified atom stereocenters. The van der Waals surface area contributed by atoms with Crippen LogP contribution in [0.25, 0.3) is 11.1 Å². The number of carbonyl (C=O) groups is 1. The third kappa shape index (κ3) is 4.40. The molecule has 2 aliphatic rings. The maximum atomic E-state index is 12.5. The molecule has 31 heavy (non-hydrogen) atoms. The zero-order valence-corrected chi connectivity index (χ0v) is 18.6. The fraction of sp³-hybridized carbons (Fsp3) is 0.520. The number of nitrogens with one attached hydrogen (secondary N) is 1. The number of ether oxygens (including phenoxy) is 2. The second kappa shape index (κ2) is 9.27. The Morgan fingerprint density at radius 2 is 1.94 bits per heavy atom. The summed E-state index contributed by atoms with van der Waals surface area (Å²) in [5, 5.41) is 2.88. The number of carbonyl (C=O) groups excluding carboxylic acids is 1. The monoisotopic (exact) mass is 424 g/mol. The number of benzene rings is 1. The van der Waals surface area contributed by atoms with E-state index in [1.807, 2.05) is 19.2 Å². The summed E-state index contributed by atoms with van der Waals surface area (Å²) >= 11 is 0. The van der Waals surface area contributed by atoms with Gasteiger partial charge in [0.25, 0.3) is 5.56 Å². The lowest BCUT2D eigenvalue weighted by Gasteiger charge is -2.33. The lowest BCUT2D eigenvalue weighted by molar-refractivity contribution is -0.127. The number of rotatable bonds is 5. The molecule has 0 saturated heterocycles. The molecule has 2 aromatic rings. The van der Waals surface area contributed by atoms with Crippen molar-refractivity contribution < 1.29 is 14.3 Å². The summed E-state index contributed by atoms with van der Waals surface area (Å²) in [5.74, 6) is 1.10. The number of aromatic nitrogens is 1. The Kier molecular flexibility index (Phi) is 6.46. The van der Waals surface area contributed by atoms with E-state index in [9.17, 15) is 9.59 Å². The van der Waals surface area contributed by atoms with Crippen LogP contribution >= 0.6 is 0 Å². The molecule has 0 radical (unpaired) electrons. The number of methoxy groups -OCH3 is 1. The van der Waals surface area contributed by atoms with Gasteiger partial charge in [0.1, 0.15) is 5.75 Å². The molecule has 0 bridgehead atoms. The minimum atomic E-state index is -0.472. The van der Waals surface area contributed by atoms with Crippen molar-refractivity contribution in [3.05, 3.63) is 51.9 Å². The molecule has 6 nitrogen and oxygen atoms in total. The van der Waals surface area contributed by atoms with Gasteiger partial charge in [-0.15, -0.1) is 0 Å². The van der Waals surface area contributed by atoms with Gasteiger partial charge in [0.2, 0.25) is 5.91 Å². The van der Waals surface area contributed by atoms with Crippen LogP contribution in [0.5, 0.6) is 5.75 Å². The maximum absolute atomic E-state index is 12.5. The highest BCUT2D eigenvalue weighted by atomic mass is 16.5. The second-order valence-electron chi connectivity index (χ2n) is 8.65. The molecule has 1 N–H and O–H groups in total. The van der Waals surface area contributed by atoms with Crippen molar-refractivity contribution in [2.45, 2.75) is 57.7 Å². The molecule has 0 spiro atoms. The Balaban J connectivity index is 1.88. The van der Waals surface area contributed by atoms with E-state index < -0.39 is 6.10 Å². The topological polar surface area (TPSA) is 69.6 Å². The Labute approximate surface area is 183 Å². The van der Waals surface area contributed by atoms with Gasteiger partial charge in [0, 0.05) is 31.4 Å². The molecule has 1 amide bonds. The summed E-state index contributed by atoms with van der Waals surface area (Å²) < 4.78 is 13.9. The SMILES string of the molecule is CCNC(=O)CC1OC(C2CCCCC2)c2cc(OC)ccc2-c2cn(C)c(=O)cc21. The molecule has 1 saturated carbocycles. The van der Waals surface area contributed by atoms with Crippen LogP contribution in [-0.2, 0) is 16.6 Å². The molecule has 4 rings (SSSR count). The first kappa shape index (κ1) is 21.6. The van der Waals surface area contributed by atoms with E-state index in [4.69, 9.17) is 9.47 Å². The van der Waals surface area contributed by atoms with Gasteiger partial charge < -0.3 is 19.4 Å². The van der Waals surface area contributed by atoms with Crippen molar-refractivity contribution in [3.63, 3.8) is 0 Å². The summed E-state index contributed by atoms with van der Waals surface area (Å²) in [6.07, 6.45) is 7.31. The Morgan fingerprint density at radius 1 is 1.16 bits per heavy atom. The lowest BCUT2D eigenvalue weighted by Crippen LogP contribution is -2.28. The fourth-order valence-electron chi connectivity index (χ4n) is 5.01. The van der Waals surface area contributed by atoms with Crippen LogP contribution in [0.4, 0.5) is 0 Å². The molecular formula is C25H32N2O4. The smallest absolute Gasteiger partial charge is 0.250 e. The van der Waals surface area contributed by atoms with Crippen molar-refractivity contribution in [1.82, 2.24) is 9.88 Å². The van der Waals surface area contributed by atoms with Crippen molar-refractivity contribution >= 4 is 5.91 Å². The van der Waals surface area contributed by atoms with Crippen LogP contribution in [0.3, 0.4) is 0 Å². The van der Waals surface area contributed by atoms with E-state index in [1.54, 1.807) is 24.8 Å². The zero-order valence-electron chi connectivity index (χ0n) is 18.6.